The number of aromatic nitrogens is 3. The van der Waals surface area contributed by atoms with Crippen LogP contribution in [0.4, 0.5) is 4.39 Å². The monoisotopic (exact) mass is 416 g/mol. The highest BCUT2D eigenvalue weighted by Gasteiger charge is 2.20. The molecule has 0 spiro atoms. The van der Waals surface area contributed by atoms with E-state index < -0.39 is 15.8 Å². The van der Waals surface area contributed by atoms with Crippen LogP contribution in [0, 0.1) is 5.82 Å². The molecule has 0 atom stereocenters. The minimum atomic E-state index is -3.71. The fraction of sp³-hybridized carbons (Fsp3) is 0.0556. The molecule has 10 heteroatoms. The van der Waals surface area contributed by atoms with Gasteiger partial charge < -0.3 is 4.52 Å². The molecule has 0 saturated heterocycles. The fourth-order valence-electron chi connectivity index (χ4n) is 2.40. The normalized spacial score (nSPS) is 11.6. The van der Waals surface area contributed by atoms with Gasteiger partial charge >= 0.3 is 0 Å². The van der Waals surface area contributed by atoms with Gasteiger partial charge in [0, 0.05) is 17.1 Å². The summed E-state index contributed by atoms with van der Waals surface area (Å²) in [5.74, 6) is -0.0354. The van der Waals surface area contributed by atoms with Crippen molar-refractivity contribution in [2.45, 2.75) is 10.8 Å². The Labute approximate surface area is 163 Å². The first-order valence-electron chi connectivity index (χ1n) is 8.09. The maximum Gasteiger partial charge on any atom is 0.259 e. The van der Waals surface area contributed by atoms with E-state index in [2.05, 4.69) is 19.8 Å². The molecule has 3 aromatic heterocycles. The number of hydrogen-bond acceptors (Lipinski definition) is 7. The van der Waals surface area contributed by atoms with Crippen LogP contribution < -0.4 is 4.72 Å². The van der Waals surface area contributed by atoms with Gasteiger partial charge in [-0.05, 0) is 30.3 Å². The second-order valence-corrected chi connectivity index (χ2v) is 8.64. The van der Waals surface area contributed by atoms with E-state index >= 15 is 0 Å². The summed E-state index contributed by atoms with van der Waals surface area (Å²) < 4.78 is 46.1. The average molecular weight is 416 g/mol. The summed E-state index contributed by atoms with van der Waals surface area (Å²) in [6.45, 7) is 0.0840. The Morgan fingerprint density at radius 2 is 2.00 bits per heavy atom. The van der Waals surface area contributed by atoms with Gasteiger partial charge in [0.05, 0.1) is 17.8 Å². The third-order valence-corrected chi connectivity index (χ3v) is 6.61. The molecule has 1 aromatic carbocycles. The number of pyridine rings is 1. The van der Waals surface area contributed by atoms with Gasteiger partial charge in [0.1, 0.15) is 10.0 Å². The van der Waals surface area contributed by atoms with E-state index in [-0.39, 0.29) is 22.5 Å². The third kappa shape index (κ3) is 3.98. The molecule has 4 rings (SSSR count). The summed E-state index contributed by atoms with van der Waals surface area (Å²) in [5.41, 5.74) is 1.55. The molecule has 1 N–H and O–H groups in total. The minimum Gasteiger partial charge on any atom is -0.334 e. The molecule has 0 aliphatic rings. The van der Waals surface area contributed by atoms with Gasteiger partial charge in [-0.25, -0.2) is 17.5 Å². The molecule has 7 nitrogen and oxygen atoms in total. The quantitative estimate of drug-likeness (QED) is 0.517. The van der Waals surface area contributed by atoms with Crippen LogP contribution in [0.3, 0.4) is 0 Å². The highest BCUT2D eigenvalue weighted by Crippen LogP contribution is 2.29. The molecular weight excluding hydrogens is 403 g/mol. The molecule has 0 aliphatic carbocycles. The largest absolute Gasteiger partial charge is 0.334 e. The van der Waals surface area contributed by atoms with Gasteiger partial charge in [-0.3, -0.25) is 4.98 Å². The van der Waals surface area contributed by atoms with E-state index in [1.165, 1.54) is 18.2 Å². The first kappa shape index (κ1) is 18.4. The van der Waals surface area contributed by atoms with Crippen molar-refractivity contribution >= 4 is 21.4 Å². The number of nitrogens with zero attached hydrogens (tertiary/aromatic N) is 3. The van der Waals surface area contributed by atoms with E-state index in [4.69, 9.17) is 4.52 Å². The van der Waals surface area contributed by atoms with Crippen molar-refractivity contribution in [3.63, 3.8) is 0 Å². The van der Waals surface area contributed by atoms with Crippen LogP contribution >= 0.6 is 11.3 Å². The van der Waals surface area contributed by atoms with Crippen molar-refractivity contribution in [3.8, 4) is 22.8 Å². The topological polar surface area (TPSA) is 98.0 Å². The molecule has 28 heavy (non-hydrogen) atoms. The molecule has 4 aromatic rings. The summed E-state index contributed by atoms with van der Waals surface area (Å²) in [6, 6.07) is 12.5. The predicted molar refractivity (Wildman–Crippen MR) is 101 cm³/mol. The number of benzene rings is 1. The maximum absolute atomic E-state index is 13.3. The van der Waals surface area contributed by atoms with Crippen molar-refractivity contribution in [2.75, 3.05) is 0 Å². The highest BCUT2D eigenvalue weighted by atomic mass is 32.2. The highest BCUT2D eigenvalue weighted by molar-refractivity contribution is 7.91. The molecular formula is C18H13FN4O3S2. The Kier molecular flexibility index (Phi) is 4.99. The van der Waals surface area contributed by atoms with E-state index in [9.17, 15) is 12.8 Å². The van der Waals surface area contributed by atoms with Crippen molar-refractivity contribution in [3.05, 3.63) is 71.6 Å². The summed E-state index contributed by atoms with van der Waals surface area (Å²) in [7, 11) is -3.71. The lowest BCUT2D eigenvalue weighted by atomic mass is 10.2. The van der Waals surface area contributed by atoms with Gasteiger partial charge in [0.15, 0.2) is 0 Å². The van der Waals surface area contributed by atoms with Gasteiger partial charge in [-0.2, -0.15) is 4.98 Å². The zero-order valence-corrected chi connectivity index (χ0v) is 15.9. The number of hydrogen-bond donors (Lipinski definition) is 1. The first-order chi connectivity index (χ1) is 13.5. The molecule has 0 amide bonds. The summed E-state index contributed by atoms with van der Waals surface area (Å²) in [6.07, 6.45) is 1.60. The average Bonchev–Trinajstić information content (AvgIpc) is 3.37. The molecule has 3 heterocycles. The van der Waals surface area contributed by atoms with Crippen molar-refractivity contribution in [1.82, 2.24) is 19.8 Å². The third-order valence-electron chi connectivity index (χ3n) is 3.77. The standard InChI is InChI=1S/C18H13FN4O3S2/c19-14-5-3-4-12(8-14)17-22-18(26-23-17)13-9-16(27-11-13)28(24,25)21-10-15-6-1-2-7-20-15/h1-9,11,21H,10H2. The van der Waals surface area contributed by atoms with Crippen LogP contribution in [0.2, 0.25) is 0 Å². The van der Waals surface area contributed by atoms with E-state index in [0.717, 1.165) is 11.3 Å². The van der Waals surface area contributed by atoms with E-state index in [1.807, 2.05) is 0 Å². The van der Waals surface area contributed by atoms with E-state index in [0.29, 0.717) is 16.8 Å². The SMILES string of the molecule is O=S(=O)(NCc1ccccn1)c1cc(-c2nc(-c3cccc(F)c3)no2)cs1. The molecule has 142 valence electrons. The number of rotatable bonds is 6. The zero-order chi connectivity index (χ0) is 19.6. The van der Waals surface area contributed by atoms with Crippen molar-refractivity contribution < 1.29 is 17.3 Å². The molecule has 0 aliphatic heterocycles. The summed E-state index contributed by atoms with van der Waals surface area (Å²) in [4.78, 5) is 8.30. The summed E-state index contributed by atoms with van der Waals surface area (Å²) >= 11 is 1.04. The molecule has 0 saturated carbocycles. The fourth-order valence-corrected chi connectivity index (χ4v) is 4.60. The molecule has 0 fully saturated rings. The van der Waals surface area contributed by atoms with Crippen molar-refractivity contribution in [2.24, 2.45) is 0 Å². The van der Waals surface area contributed by atoms with Gasteiger partial charge in [-0.15, -0.1) is 11.3 Å². The van der Waals surface area contributed by atoms with Crippen LogP contribution in [0.25, 0.3) is 22.8 Å². The van der Waals surface area contributed by atoms with Crippen molar-refractivity contribution in [1.29, 1.82) is 0 Å². The van der Waals surface area contributed by atoms with Crippen LogP contribution in [0.1, 0.15) is 5.69 Å². The number of sulfonamides is 1. The Morgan fingerprint density at radius 1 is 1.11 bits per heavy atom. The summed E-state index contributed by atoms with van der Waals surface area (Å²) in [5, 5.41) is 5.44. The smallest absolute Gasteiger partial charge is 0.259 e. The van der Waals surface area contributed by atoms with Gasteiger partial charge in [-0.1, -0.05) is 23.4 Å². The predicted octanol–water partition coefficient (Wildman–Crippen LogP) is 3.48. The molecule has 0 radical (unpaired) electrons. The molecule has 0 unspecified atom stereocenters. The Morgan fingerprint density at radius 3 is 2.79 bits per heavy atom. The number of halogens is 1. The van der Waals surface area contributed by atoms with Crippen LogP contribution in [0.5, 0.6) is 0 Å². The van der Waals surface area contributed by atoms with Crippen LogP contribution in [-0.4, -0.2) is 23.5 Å². The van der Waals surface area contributed by atoms with Crippen LogP contribution in [-0.2, 0) is 16.6 Å². The second kappa shape index (κ2) is 7.58. The Balaban J connectivity index is 1.53. The molecule has 0 bridgehead atoms. The lowest BCUT2D eigenvalue weighted by molar-refractivity contribution is 0.432. The lowest BCUT2D eigenvalue weighted by Crippen LogP contribution is -2.22. The number of thiophene rings is 1. The second-order valence-electron chi connectivity index (χ2n) is 5.73. The van der Waals surface area contributed by atoms with Gasteiger partial charge in [0.2, 0.25) is 15.8 Å². The van der Waals surface area contributed by atoms with Gasteiger partial charge in [0.25, 0.3) is 5.89 Å². The Hall–Kier alpha value is -2.95. The minimum absolute atomic E-state index is 0.0840. The van der Waals surface area contributed by atoms with E-state index in [1.54, 1.807) is 41.9 Å². The van der Waals surface area contributed by atoms with Crippen LogP contribution in [0.15, 0.2) is 68.8 Å². The first-order valence-corrected chi connectivity index (χ1v) is 10.5. The maximum atomic E-state index is 13.3. The lowest BCUT2D eigenvalue weighted by Gasteiger charge is -2.03. The number of nitrogens with one attached hydrogen (secondary N) is 1. The zero-order valence-electron chi connectivity index (χ0n) is 14.2. The Bertz CT molecular complexity index is 1210.